The molecule has 29 heavy (non-hydrogen) atoms. The summed E-state index contributed by atoms with van der Waals surface area (Å²) in [6.07, 6.45) is 2.71. The molecule has 2 heterocycles. The molecule has 0 fully saturated rings. The summed E-state index contributed by atoms with van der Waals surface area (Å²) in [5.74, 6) is 1.69. The van der Waals surface area contributed by atoms with Gasteiger partial charge in [-0.25, -0.2) is 0 Å². The third kappa shape index (κ3) is 4.80. The van der Waals surface area contributed by atoms with Crippen molar-refractivity contribution < 1.29 is 4.74 Å². The van der Waals surface area contributed by atoms with E-state index in [-0.39, 0.29) is 35.6 Å². The Bertz CT molecular complexity index is 1010. The van der Waals surface area contributed by atoms with E-state index in [0.29, 0.717) is 6.54 Å². The maximum absolute atomic E-state index is 6.13. The number of nitrogens with zero attached hydrogens (tertiary/aromatic N) is 2. The molecule has 1 aliphatic rings. The smallest absolute Gasteiger partial charge is 0.191 e. The van der Waals surface area contributed by atoms with Gasteiger partial charge < -0.3 is 15.4 Å². The first-order chi connectivity index (χ1) is 13.6. The molecule has 0 amide bonds. The summed E-state index contributed by atoms with van der Waals surface area (Å²) in [4.78, 5) is 8.98. The number of pyridine rings is 1. The van der Waals surface area contributed by atoms with E-state index in [2.05, 4.69) is 52.7 Å². The third-order valence-electron chi connectivity index (χ3n) is 5.09. The Morgan fingerprint density at radius 3 is 2.72 bits per heavy atom. The number of halogens is 1. The maximum Gasteiger partial charge on any atom is 0.191 e. The molecule has 1 unspecified atom stereocenters. The van der Waals surface area contributed by atoms with Gasteiger partial charge in [-0.05, 0) is 31.4 Å². The summed E-state index contributed by atoms with van der Waals surface area (Å²) < 4.78 is 6.13. The predicted octanol–water partition coefficient (Wildman–Crippen LogP) is 4.82. The normalized spacial score (nSPS) is 17.6. The van der Waals surface area contributed by atoms with E-state index in [4.69, 9.17) is 4.74 Å². The molecular weight excluding hydrogens is 475 g/mol. The van der Waals surface area contributed by atoms with Gasteiger partial charge in [0.05, 0.1) is 18.3 Å². The van der Waals surface area contributed by atoms with Crippen LogP contribution in [-0.2, 0) is 6.54 Å². The van der Waals surface area contributed by atoms with Gasteiger partial charge in [-0.3, -0.25) is 9.98 Å². The molecule has 0 saturated heterocycles. The Labute approximate surface area is 189 Å². The molecule has 1 aliphatic heterocycles. The lowest BCUT2D eigenvalue weighted by Crippen LogP contribution is -2.45. The first-order valence-electron chi connectivity index (χ1n) is 9.63. The third-order valence-corrected chi connectivity index (χ3v) is 5.09. The number of para-hydroxylation sites is 1. The molecule has 1 atom stereocenters. The fourth-order valence-corrected chi connectivity index (χ4v) is 3.78. The van der Waals surface area contributed by atoms with Gasteiger partial charge in [-0.15, -0.1) is 24.0 Å². The number of nitrogens with one attached hydrogen (secondary N) is 2. The Morgan fingerprint density at radius 2 is 1.90 bits per heavy atom. The Balaban J connectivity index is 0.00000240. The fourth-order valence-electron chi connectivity index (χ4n) is 3.78. The quantitative estimate of drug-likeness (QED) is 0.307. The highest BCUT2D eigenvalue weighted by Crippen LogP contribution is 2.39. The number of ether oxygens (including phenoxy) is 1. The summed E-state index contributed by atoms with van der Waals surface area (Å²) in [5, 5.41) is 9.34. The topological polar surface area (TPSA) is 58.5 Å². The largest absolute Gasteiger partial charge is 0.487 e. The Hall–Kier alpha value is -2.35. The monoisotopic (exact) mass is 502 g/mol. The zero-order chi connectivity index (χ0) is 19.6. The second-order valence-corrected chi connectivity index (χ2v) is 7.71. The molecule has 152 valence electrons. The molecule has 2 N–H and O–H groups in total. The predicted molar refractivity (Wildman–Crippen MR) is 129 cm³/mol. The summed E-state index contributed by atoms with van der Waals surface area (Å²) in [5.41, 5.74) is 1.93. The minimum Gasteiger partial charge on any atom is -0.487 e. The van der Waals surface area contributed by atoms with E-state index < -0.39 is 0 Å². The van der Waals surface area contributed by atoms with E-state index in [0.717, 1.165) is 34.8 Å². The van der Waals surface area contributed by atoms with E-state index in [1.165, 1.54) is 5.39 Å². The molecule has 2 aromatic carbocycles. The van der Waals surface area contributed by atoms with Gasteiger partial charge in [0.2, 0.25) is 0 Å². The van der Waals surface area contributed by atoms with Crippen molar-refractivity contribution in [2.24, 2.45) is 4.99 Å². The number of hydrogen-bond acceptors (Lipinski definition) is 3. The number of hydrogen-bond donors (Lipinski definition) is 2. The lowest BCUT2D eigenvalue weighted by molar-refractivity contribution is 0.0694. The number of aliphatic imine (C=N–C) groups is 1. The summed E-state index contributed by atoms with van der Waals surface area (Å²) in [7, 11) is 1.79. The molecule has 0 saturated carbocycles. The molecular formula is C23H27IN4O. The first kappa shape index (κ1) is 21.4. The standard InChI is InChI=1S/C23H26N4O.HI/c1-23(2)14-19(18-10-6-7-11-21(18)28-23)27-22(24-3)26-15-20-17-9-5-4-8-16(17)12-13-25-20;/h4-13,19H,14-15H2,1-3H3,(H2,24,26,27);1H. The van der Waals surface area contributed by atoms with Crippen LogP contribution in [0.5, 0.6) is 5.75 Å². The van der Waals surface area contributed by atoms with Crippen LogP contribution in [-0.4, -0.2) is 23.6 Å². The summed E-state index contributed by atoms with van der Waals surface area (Å²) in [6.45, 7) is 4.84. The minimum absolute atomic E-state index is 0. The number of guanidine groups is 1. The Morgan fingerprint density at radius 1 is 1.14 bits per heavy atom. The van der Waals surface area contributed by atoms with Crippen LogP contribution in [0.2, 0.25) is 0 Å². The molecule has 4 rings (SSSR count). The van der Waals surface area contributed by atoms with Crippen molar-refractivity contribution in [3.05, 3.63) is 72.1 Å². The molecule has 5 nitrogen and oxygen atoms in total. The molecule has 3 aromatic rings. The van der Waals surface area contributed by atoms with Crippen LogP contribution in [0.4, 0.5) is 0 Å². The van der Waals surface area contributed by atoms with Crippen molar-refractivity contribution >= 4 is 40.7 Å². The SMILES string of the molecule is CN=C(NCc1nccc2ccccc12)NC1CC(C)(C)Oc2ccccc21.I. The number of fused-ring (bicyclic) bond motifs is 2. The fraction of sp³-hybridized carbons (Fsp3) is 0.304. The van der Waals surface area contributed by atoms with Gasteiger partial charge in [-0.2, -0.15) is 0 Å². The van der Waals surface area contributed by atoms with Gasteiger partial charge in [0, 0.05) is 30.6 Å². The number of benzene rings is 2. The average Bonchev–Trinajstić information content (AvgIpc) is 2.70. The van der Waals surface area contributed by atoms with Crippen molar-refractivity contribution in [1.29, 1.82) is 0 Å². The van der Waals surface area contributed by atoms with Crippen molar-refractivity contribution in [2.75, 3.05) is 7.05 Å². The van der Waals surface area contributed by atoms with E-state index in [1.807, 2.05) is 42.6 Å². The van der Waals surface area contributed by atoms with E-state index in [1.54, 1.807) is 7.05 Å². The van der Waals surface area contributed by atoms with Gasteiger partial charge in [-0.1, -0.05) is 42.5 Å². The van der Waals surface area contributed by atoms with E-state index >= 15 is 0 Å². The molecule has 0 spiro atoms. The summed E-state index contributed by atoms with van der Waals surface area (Å²) in [6, 6.07) is 18.7. The molecule has 0 radical (unpaired) electrons. The molecule has 0 aliphatic carbocycles. The first-order valence-corrected chi connectivity index (χ1v) is 9.63. The van der Waals surface area contributed by atoms with Gasteiger partial charge in [0.25, 0.3) is 0 Å². The number of aromatic nitrogens is 1. The highest BCUT2D eigenvalue weighted by atomic mass is 127. The van der Waals surface area contributed by atoms with Crippen LogP contribution < -0.4 is 15.4 Å². The maximum atomic E-state index is 6.13. The van der Waals surface area contributed by atoms with Crippen LogP contribution >= 0.6 is 24.0 Å². The second kappa shape index (κ2) is 8.98. The van der Waals surface area contributed by atoms with Crippen molar-refractivity contribution in [1.82, 2.24) is 15.6 Å². The van der Waals surface area contributed by atoms with Crippen LogP contribution in [0.25, 0.3) is 10.8 Å². The van der Waals surface area contributed by atoms with Gasteiger partial charge in [0.15, 0.2) is 5.96 Å². The van der Waals surface area contributed by atoms with Crippen LogP contribution in [0.1, 0.15) is 37.6 Å². The highest BCUT2D eigenvalue weighted by Gasteiger charge is 2.33. The van der Waals surface area contributed by atoms with Crippen molar-refractivity contribution in [3.63, 3.8) is 0 Å². The van der Waals surface area contributed by atoms with Crippen LogP contribution in [0, 0.1) is 0 Å². The number of rotatable bonds is 3. The second-order valence-electron chi connectivity index (χ2n) is 7.71. The lowest BCUT2D eigenvalue weighted by Gasteiger charge is -2.38. The van der Waals surface area contributed by atoms with Gasteiger partial charge >= 0.3 is 0 Å². The van der Waals surface area contributed by atoms with Crippen LogP contribution in [0.3, 0.4) is 0 Å². The zero-order valence-corrected chi connectivity index (χ0v) is 19.3. The molecule has 0 bridgehead atoms. The average molecular weight is 502 g/mol. The lowest BCUT2D eigenvalue weighted by atomic mass is 9.90. The zero-order valence-electron chi connectivity index (χ0n) is 17.0. The Kier molecular flexibility index (Phi) is 6.62. The molecule has 1 aromatic heterocycles. The van der Waals surface area contributed by atoms with Gasteiger partial charge in [0.1, 0.15) is 11.4 Å². The minimum atomic E-state index is -0.234. The summed E-state index contributed by atoms with van der Waals surface area (Å²) >= 11 is 0. The molecule has 6 heteroatoms. The highest BCUT2D eigenvalue weighted by molar-refractivity contribution is 14.0. The van der Waals surface area contributed by atoms with E-state index in [9.17, 15) is 0 Å². The van der Waals surface area contributed by atoms with Crippen molar-refractivity contribution in [2.45, 2.75) is 38.5 Å². The van der Waals surface area contributed by atoms with Crippen molar-refractivity contribution in [3.8, 4) is 5.75 Å². The van der Waals surface area contributed by atoms with Crippen LogP contribution in [0.15, 0.2) is 65.8 Å².